The van der Waals surface area contributed by atoms with Crippen LogP contribution in [-0.4, -0.2) is 39.5 Å². The van der Waals surface area contributed by atoms with Crippen molar-refractivity contribution in [3.05, 3.63) is 51.7 Å². The minimum Gasteiger partial charge on any atom is -0.480 e. The van der Waals surface area contributed by atoms with Crippen LogP contribution in [0.1, 0.15) is 35.5 Å². The zero-order valence-corrected chi connectivity index (χ0v) is 15.6. The molecule has 3 atom stereocenters. The normalized spacial score (nSPS) is 24.2. The molecule has 7 heteroatoms. The van der Waals surface area contributed by atoms with Crippen LogP contribution >= 0.6 is 11.3 Å². The number of hydrogen-bond acceptors (Lipinski definition) is 4. The van der Waals surface area contributed by atoms with Crippen LogP contribution in [0.3, 0.4) is 0 Å². The molecule has 142 valence electrons. The van der Waals surface area contributed by atoms with Crippen molar-refractivity contribution in [3.63, 3.8) is 0 Å². The number of benzene rings is 1. The van der Waals surface area contributed by atoms with Gasteiger partial charge in [0, 0.05) is 18.3 Å². The molecule has 5 nitrogen and oxygen atoms in total. The maximum absolute atomic E-state index is 13.0. The van der Waals surface area contributed by atoms with Crippen molar-refractivity contribution in [3.8, 4) is 0 Å². The number of likely N-dealkylation sites (tertiary alicyclic amines) is 1. The maximum Gasteiger partial charge on any atom is 0.326 e. The van der Waals surface area contributed by atoms with Crippen molar-refractivity contribution in [1.82, 2.24) is 9.88 Å². The van der Waals surface area contributed by atoms with E-state index in [9.17, 15) is 19.1 Å². The number of carboxylic acid groups (broad SMARTS) is 1. The summed E-state index contributed by atoms with van der Waals surface area (Å²) in [6.45, 7) is 0.549. The Morgan fingerprint density at radius 1 is 1.26 bits per heavy atom. The van der Waals surface area contributed by atoms with Crippen molar-refractivity contribution in [2.24, 2.45) is 11.8 Å². The number of aromatic nitrogens is 1. The number of carbonyl (C=O) groups is 2. The molecular formula is C20H21FN2O3S. The zero-order valence-electron chi connectivity index (χ0n) is 14.8. The smallest absolute Gasteiger partial charge is 0.326 e. The van der Waals surface area contributed by atoms with Crippen molar-refractivity contribution in [2.75, 3.05) is 6.54 Å². The van der Waals surface area contributed by atoms with Gasteiger partial charge in [0.1, 0.15) is 11.9 Å². The Kier molecular flexibility index (Phi) is 4.95. The second-order valence-electron chi connectivity index (χ2n) is 7.40. The number of thiazole rings is 1. The lowest BCUT2D eigenvalue weighted by Crippen LogP contribution is -2.44. The molecule has 1 aliphatic carbocycles. The monoisotopic (exact) mass is 388 g/mol. The highest BCUT2D eigenvalue weighted by molar-refractivity contribution is 7.09. The molecule has 2 aliphatic rings. The molecule has 2 aromatic rings. The number of carbonyl (C=O) groups excluding carboxylic acids is 1. The molecule has 0 spiro atoms. The van der Waals surface area contributed by atoms with Gasteiger partial charge >= 0.3 is 5.97 Å². The van der Waals surface area contributed by atoms with Gasteiger partial charge in [0.15, 0.2) is 0 Å². The lowest BCUT2D eigenvalue weighted by molar-refractivity contribution is -0.149. The number of halogens is 1. The Morgan fingerprint density at radius 3 is 2.78 bits per heavy atom. The van der Waals surface area contributed by atoms with Crippen molar-refractivity contribution in [1.29, 1.82) is 0 Å². The van der Waals surface area contributed by atoms with Gasteiger partial charge in [-0.05, 0) is 42.4 Å². The van der Waals surface area contributed by atoms with Gasteiger partial charge in [0.25, 0.3) is 0 Å². The van der Waals surface area contributed by atoms with Crippen molar-refractivity contribution >= 4 is 23.2 Å². The maximum atomic E-state index is 13.0. The van der Waals surface area contributed by atoms with Gasteiger partial charge in [0.05, 0.1) is 17.1 Å². The standard InChI is InChI=1S/C20H21FN2O3S/c21-14-6-4-12(5-7-14)8-17-22-15(11-27-17)9-18(24)23-10-13-2-1-3-16(13)19(23)20(25)26/h4-7,11,13,16,19H,1-3,8-10H2,(H,25,26). The molecule has 4 rings (SSSR count). The molecule has 2 fully saturated rings. The summed E-state index contributed by atoms with van der Waals surface area (Å²) in [5.74, 6) is -0.911. The number of aliphatic carboxylic acids is 1. The summed E-state index contributed by atoms with van der Waals surface area (Å²) < 4.78 is 13.0. The zero-order chi connectivity index (χ0) is 19.0. The summed E-state index contributed by atoms with van der Waals surface area (Å²) >= 11 is 1.47. The molecule has 1 amide bonds. The van der Waals surface area contributed by atoms with E-state index in [0.717, 1.165) is 29.8 Å². The van der Waals surface area contributed by atoms with Crippen molar-refractivity contribution in [2.45, 2.75) is 38.1 Å². The molecular weight excluding hydrogens is 367 g/mol. The summed E-state index contributed by atoms with van der Waals surface area (Å²) in [5.41, 5.74) is 1.63. The molecule has 0 bridgehead atoms. The lowest BCUT2D eigenvalue weighted by atomic mass is 9.94. The van der Waals surface area contributed by atoms with E-state index in [1.165, 1.54) is 23.5 Å². The first-order valence-corrected chi connectivity index (χ1v) is 10.1. The van der Waals surface area contributed by atoms with E-state index >= 15 is 0 Å². The Balaban J connectivity index is 1.42. The number of carboxylic acids is 1. The Morgan fingerprint density at radius 2 is 2.04 bits per heavy atom. The van der Waals surface area contributed by atoms with Crippen LogP contribution < -0.4 is 0 Å². The van der Waals surface area contributed by atoms with Gasteiger partial charge in [-0.25, -0.2) is 14.2 Å². The average molecular weight is 388 g/mol. The largest absolute Gasteiger partial charge is 0.480 e. The molecule has 1 N–H and O–H groups in total. The molecule has 27 heavy (non-hydrogen) atoms. The summed E-state index contributed by atoms with van der Waals surface area (Å²) in [6, 6.07) is 5.60. The Labute approximate surface area is 160 Å². The minimum atomic E-state index is -0.895. The van der Waals surface area contributed by atoms with E-state index in [2.05, 4.69) is 4.98 Å². The van der Waals surface area contributed by atoms with Gasteiger partial charge in [-0.3, -0.25) is 4.79 Å². The van der Waals surface area contributed by atoms with Crippen LogP contribution in [0.25, 0.3) is 0 Å². The molecule has 1 aromatic heterocycles. The Bertz CT molecular complexity index is 851. The molecule has 1 aliphatic heterocycles. The SMILES string of the molecule is O=C(O)C1C2CCCC2CN1C(=O)Cc1csc(Cc2ccc(F)cc2)n1. The quantitative estimate of drug-likeness (QED) is 0.854. The minimum absolute atomic E-state index is 0.0934. The first-order chi connectivity index (χ1) is 13.0. The second kappa shape index (κ2) is 7.38. The van der Waals surface area contributed by atoms with E-state index in [-0.39, 0.29) is 24.1 Å². The third-order valence-electron chi connectivity index (χ3n) is 5.66. The lowest BCUT2D eigenvalue weighted by Gasteiger charge is -2.24. The number of fused-ring (bicyclic) bond motifs is 1. The van der Waals surface area contributed by atoms with E-state index in [1.54, 1.807) is 17.0 Å². The third kappa shape index (κ3) is 3.74. The van der Waals surface area contributed by atoms with Crippen molar-refractivity contribution < 1.29 is 19.1 Å². The molecule has 1 saturated heterocycles. The second-order valence-corrected chi connectivity index (χ2v) is 8.34. The van der Waals surface area contributed by atoms with Gasteiger partial charge in [-0.1, -0.05) is 18.6 Å². The number of rotatable bonds is 5. The van der Waals surface area contributed by atoms with Gasteiger partial charge in [0.2, 0.25) is 5.91 Å². The fraction of sp³-hybridized carbons (Fsp3) is 0.450. The van der Waals surface area contributed by atoms with E-state index in [1.807, 2.05) is 5.38 Å². The van der Waals surface area contributed by atoms with Crippen LogP contribution in [0.15, 0.2) is 29.6 Å². The highest BCUT2D eigenvalue weighted by Crippen LogP contribution is 2.42. The van der Waals surface area contributed by atoms with Crippen LogP contribution in [0.4, 0.5) is 4.39 Å². The van der Waals surface area contributed by atoms with E-state index in [4.69, 9.17) is 0 Å². The highest BCUT2D eigenvalue weighted by atomic mass is 32.1. The molecule has 1 saturated carbocycles. The summed E-state index contributed by atoms with van der Waals surface area (Å²) in [4.78, 5) is 30.5. The fourth-order valence-corrected chi connectivity index (χ4v) is 5.25. The fourth-order valence-electron chi connectivity index (χ4n) is 4.42. The van der Waals surface area contributed by atoms with Crippen LogP contribution in [0, 0.1) is 17.7 Å². The summed E-state index contributed by atoms with van der Waals surface area (Å²) in [6.07, 6.45) is 3.68. The van der Waals surface area contributed by atoms with E-state index < -0.39 is 12.0 Å². The molecule has 0 radical (unpaired) electrons. The van der Waals surface area contributed by atoms with E-state index in [0.29, 0.717) is 24.6 Å². The first kappa shape index (κ1) is 18.1. The predicted octanol–water partition coefficient (Wildman–Crippen LogP) is 3.13. The van der Waals surface area contributed by atoms with Gasteiger partial charge in [-0.15, -0.1) is 11.3 Å². The van der Waals surface area contributed by atoms with Crippen LogP contribution in [0.2, 0.25) is 0 Å². The summed E-state index contributed by atoms with van der Waals surface area (Å²) in [5, 5.41) is 12.3. The summed E-state index contributed by atoms with van der Waals surface area (Å²) in [7, 11) is 0. The first-order valence-electron chi connectivity index (χ1n) is 9.21. The predicted molar refractivity (Wildman–Crippen MR) is 99.0 cm³/mol. The topological polar surface area (TPSA) is 70.5 Å². The third-order valence-corrected chi connectivity index (χ3v) is 6.56. The van der Waals surface area contributed by atoms with Crippen LogP contribution in [0.5, 0.6) is 0 Å². The number of hydrogen-bond donors (Lipinski definition) is 1. The molecule has 1 aromatic carbocycles. The van der Waals surface area contributed by atoms with Gasteiger partial charge in [-0.2, -0.15) is 0 Å². The number of amides is 1. The highest BCUT2D eigenvalue weighted by Gasteiger charge is 2.49. The number of nitrogens with zero attached hydrogens (tertiary/aromatic N) is 2. The molecule has 2 heterocycles. The van der Waals surface area contributed by atoms with Crippen LogP contribution in [-0.2, 0) is 22.4 Å². The Hall–Kier alpha value is -2.28. The molecule has 3 unspecified atom stereocenters. The average Bonchev–Trinajstić information content (AvgIpc) is 3.32. The van der Waals surface area contributed by atoms with Gasteiger partial charge < -0.3 is 10.0 Å².